The standard InChI is InChI=1S/C47H34F5N4O2.2Co/c1-46(2,3)23-17-25-29-13-15-33(53-29)35(36-37(48)39(50)41(52)40(51)38(36)49)34-16-14-30(54-34)26-18-24(47(4,5)6)20-28(45(26)58)32-12-10-22-8-7-21-9-11-31(27(19-23)44(25)57)55-42(21)43(22)56-32;;/h7-20H,1-6H3,(H2-,53,54,55,56,57,58);;/q-1;;. The minimum Gasteiger partial charge on any atom is -0.657 e. The van der Waals surface area contributed by atoms with E-state index in [4.69, 9.17) is 9.97 Å². The Morgan fingerprint density at radius 3 is 1.40 bits per heavy atom. The van der Waals surface area contributed by atoms with Gasteiger partial charge < -0.3 is 15.2 Å². The molecule has 4 aromatic carbocycles. The van der Waals surface area contributed by atoms with Crippen LogP contribution in [0.1, 0.15) is 64.1 Å². The Bertz CT molecular complexity index is 3270. The van der Waals surface area contributed by atoms with Crippen molar-refractivity contribution in [2.45, 2.75) is 52.4 Å². The van der Waals surface area contributed by atoms with Crippen molar-refractivity contribution in [3.8, 4) is 22.6 Å². The molecule has 0 saturated carbocycles. The van der Waals surface area contributed by atoms with E-state index in [9.17, 15) is 23.4 Å². The molecule has 0 fully saturated rings. The van der Waals surface area contributed by atoms with Crippen LogP contribution in [0.4, 0.5) is 22.0 Å². The van der Waals surface area contributed by atoms with Gasteiger partial charge in [-0.1, -0.05) is 77.9 Å². The van der Waals surface area contributed by atoms with E-state index in [0.29, 0.717) is 32.8 Å². The van der Waals surface area contributed by atoms with Crippen molar-refractivity contribution in [1.82, 2.24) is 19.9 Å². The van der Waals surface area contributed by atoms with E-state index in [1.807, 2.05) is 77.9 Å². The molecular formula is C47H34Co2F5N4O2-. The maximum atomic E-state index is 15.8. The van der Waals surface area contributed by atoms with Crippen molar-refractivity contribution in [2.75, 3.05) is 0 Å². The number of aromatic hydroxyl groups is 2. The fourth-order valence-corrected chi connectivity index (χ4v) is 7.50. The van der Waals surface area contributed by atoms with Gasteiger partial charge in [0.15, 0.2) is 23.3 Å². The van der Waals surface area contributed by atoms with Gasteiger partial charge in [-0.2, -0.15) is 0 Å². The van der Waals surface area contributed by atoms with Crippen LogP contribution in [0.3, 0.4) is 0 Å². The first-order valence-electron chi connectivity index (χ1n) is 18.5. The predicted octanol–water partition coefficient (Wildman–Crippen LogP) is 12.3. The smallest absolute Gasteiger partial charge is 0.200 e. The summed E-state index contributed by atoms with van der Waals surface area (Å²) in [6, 6.07) is 21.2. The van der Waals surface area contributed by atoms with E-state index in [-0.39, 0.29) is 78.3 Å². The number of hydrogen-bond donors (Lipinski definition) is 2. The third-order valence-electron chi connectivity index (χ3n) is 10.8. The van der Waals surface area contributed by atoms with Crippen LogP contribution >= 0.6 is 0 Å². The van der Waals surface area contributed by atoms with Crippen LogP contribution in [0.5, 0.6) is 11.5 Å². The number of phenols is 2. The molecule has 8 aromatic rings. The molecule has 0 amide bonds. The van der Waals surface area contributed by atoms with Gasteiger partial charge in [-0.15, -0.1) is 11.0 Å². The topological polar surface area (TPSA) is 93.2 Å². The van der Waals surface area contributed by atoms with Crippen molar-refractivity contribution in [3.05, 3.63) is 124 Å². The zero-order valence-electron chi connectivity index (χ0n) is 32.8. The Morgan fingerprint density at radius 1 is 0.467 bits per heavy atom. The summed E-state index contributed by atoms with van der Waals surface area (Å²) in [6.45, 7) is 12.0. The Kier molecular flexibility index (Phi) is 10.5. The number of aromatic nitrogens is 4. The zero-order valence-corrected chi connectivity index (χ0v) is 34.9. The first kappa shape index (κ1) is 42.5. The number of hydrogen-bond acceptors (Lipinski definition) is 5. The number of phenolic OH excluding ortho intramolecular Hbond substituents is 2. The summed E-state index contributed by atoms with van der Waals surface area (Å²) in [4.78, 5) is 19.5. The molecule has 1 aliphatic rings. The maximum Gasteiger partial charge on any atom is 0.200 e. The van der Waals surface area contributed by atoms with Crippen LogP contribution in [0, 0.1) is 29.1 Å². The molecule has 12 bridgehead atoms. The summed E-state index contributed by atoms with van der Waals surface area (Å²) < 4.78 is 76.0. The average molecular weight is 900 g/mol. The Labute approximate surface area is 361 Å². The number of fused-ring (bicyclic) bond motifs is 14. The molecule has 308 valence electrons. The van der Waals surface area contributed by atoms with E-state index >= 15 is 8.78 Å². The minimum atomic E-state index is -2.31. The van der Waals surface area contributed by atoms with Crippen molar-refractivity contribution in [1.29, 1.82) is 0 Å². The SMILES string of the molecule is CC(C)(C)c1cc2c3nc(c(-c4c(F)c(F)c(F)c(F)c4F)c4ccc([n-]4)c4cc(C(C)(C)C)cc(c4O)c4ccc5ccc6ccc(nc6c5n4)c(c1)c2O)C=C3.[Co].[Co]. The van der Waals surface area contributed by atoms with Crippen molar-refractivity contribution < 1.29 is 65.7 Å². The van der Waals surface area contributed by atoms with Crippen LogP contribution in [0.25, 0.3) is 88.7 Å². The summed E-state index contributed by atoms with van der Waals surface area (Å²) in [5, 5.41) is 26.9. The second kappa shape index (κ2) is 14.8. The number of rotatable bonds is 1. The quantitative estimate of drug-likeness (QED) is 0.0738. The summed E-state index contributed by atoms with van der Waals surface area (Å²) in [5.74, 6) is -11.1. The third-order valence-corrected chi connectivity index (χ3v) is 10.8. The molecule has 1 aliphatic heterocycles. The van der Waals surface area contributed by atoms with Crippen molar-refractivity contribution in [2.24, 2.45) is 0 Å². The predicted molar refractivity (Wildman–Crippen MR) is 220 cm³/mol. The molecule has 0 saturated heterocycles. The molecule has 6 nitrogen and oxygen atoms in total. The molecule has 2 N–H and O–H groups in total. The fraction of sp³-hybridized carbons (Fsp3) is 0.170. The minimum absolute atomic E-state index is 0. The molecule has 5 heterocycles. The van der Waals surface area contributed by atoms with Gasteiger partial charge in [-0.05, 0) is 76.1 Å². The summed E-state index contributed by atoms with van der Waals surface area (Å²) in [6.07, 6.45) is 2.86. The number of nitrogens with zero attached hydrogens (tertiary/aromatic N) is 4. The van der Waals surface area contributed by atoms with Crippen LogP contribution in [-0.2, 0) is 44.4 Å². The Morgan fingerprint density at radius 2 is 0.883 bits per heavy atom. The second-order valence-electron chi connectivity index (χ2n) is 16.7. The third kappa shape index (κ3) is 6.73. The van der Waals surface area contributed by atoms with Gasteiger partial charge in [0, 0.05) is 65.9 Å². The molecule has 4 aromatic heterocycles. The first-order chi connectivity index (χ1) is 27.4. The number of halogens is 5. The first-order valence-corrected chi connectivity index (χ1v) is 18.5. The summed E-state index contributed by atoms with van der Waals surface area (Å²) in [7, 11) is 0. The molecule has 9 rings (SSSR count). The van der Waals surface area contributed by atoms with Gasteiger partial charge in [0.25, 0.3) is 0 Å². The van der Waals surface area contributed by atoms with Gasteiger partial charge >= 0.3 is 0 Å². The van der Waals surface area contributed by atoms with Crippen molar-refractivity contribution in [3.63, 3.8) is 0 Å². The van der Waals surface area contributed by atoms with Gasteiger partial charge in [0.1, 0.15) is 11.5 Å². The van der Waals surface area contributed by atoms with Gasteiger partial charge in [-0.25, -0.2) is 36.9 Å². The van der Waals surface area contributed by atoms with E-state index in [1.54, 1.807) is 24.3 Å². The Balaban J connectivity index is 0.00000272. The molecule has 2 radical (unpaired) electrons. The van der Waals surface area contributed by atoms with Crippen molar-refractivity contribution >= 4 is 77.6 Å². The molecular weight excluding hydrogens is 865 g/mol. The number of benzene rings is 4. The average Bonchev–Trinajstić information content (AvgIpc) is 3.87. The van der Waals surface area contributed by atoms with E-state index < -0.39 is 51.0 Å². The summed E-state index contributed by atoms with van der Waals surface area (Å²) >= 11 is 0. The normalized spacial score (nSPS) is 12.4. The molecule has 0 atom stereocenters. The van der Waals surface area contributed by atoms with Gasteiger partial charge in [0.05, 0.1) is 39.0 Å². The molecule has 60 heavy (non-hydrogen) atoms. The zero-order chi connectivity index (χ0) is 41.2. The van der Waals surface area contributed by atoms with Gasteiger partial charge in [0.2, 0.25) is 5.82 Å². The molecule has 0 aliphatic carbocycles. The van der Waals surface area contributed by atoms with E-state index in [0.717, 1.165) is 21.9 Å². The van der Waals surface area contributed by atoms with Crippen LogP contribution in [0.2, 0.25) is 0 Å². The molecule has 13 heteroatoms. The molecule has 0 spiro atoms. The Hall–Kier alpha value is -5.61. The largest absolute Gasteiger partial charge is 0.657 e. The summed E-state index contributed by atoms with van der Waals surface area (Å²) in [5.41, 5.74) is 0.871. The van der Waals surface area contributed by atoms with Crippen LogP contribution in [0.15, 0.2) is 72.8 Å². The molecule has 0 unspecified atom stereocenters. The number of pyridine rings is 2. The van der Waals surface area contributed by atoms with Crippen LogP contribution in [-0.4, -0.2) is 25.2 Å². The van der Waals surface area contributed by atoms with Gasteiger partial charge in [-0.3, -0.25) is 0 Å². The van der Waals surface area contributed by atoms with Crippen LogP contribution < -0.4 is 4.98 Å². The monoisotopic (exact) mass is 899 g/mol. The van der Waals surface area contributed by atoms with E-state index in [2.05, 4.69) is 9.97 Å². The maximum absolute atomic E-state index is 15.8. The van der Waals surface area contributed by atoms with E-state index in [1.165, 1.54) is 24.3 Å². The second-order valence-corrected chi connectivity index (χ2v) is 16.7. The fourth-order valence-electron chi connectivity index (χ4n) is 7.50.